The lowest BCUT2D eigenvalue weighted by atomic mass is 10.3. The largest absolute Gasteiger partial charge is 0.477 e. The van der Waals surface area contributed by atoms with Gasteiger partial charge < -0.3 is 20.3 Å². The summed E-state index contributed by atoms with van der Waals surface area (Å²) < 4.78 is 0. The fourth-order valence-corrected chi connectivity index (χ4v) is 1.64. The number of H-pyrrole nitrogens is 1. The van der Waals surface area contributed by atoms with Gasteiger partial charge in [0.2, 0.25) is 0 Å². The average Bonchev–Trinajstić information content (AvgIpc) is 2.71. The van der Waals surface area contributed by atoms with Crippen molar-refractivity contribution in [1.82, 2.24) is 9.88 Å². The molecule has 7 nitrogen and oxygen atoms in total. The topological polar surface area (TPSA) is 109 Å². The molecule has 0 aromatic carbocycles. The van der Waals surface area contributed by atoms with Crippen molar-refractivity contribution in [1.29, 1.82) is 5.26 Å². The van der Waals surface area contributed by atoms with Crippen LogP contribution < -0.4 is 5.32 Å². The summed E-state index contributed by atoms with van der Waals surface area (Å²) in [7, 11) is 0. The van der Waals surface area contributed by atoms with E-state index in [9.17, 15) is 9.59 Å². The Morgan fingerprint density at radius 1 is 1.58 bits per heavy atom. The Labute approximate surface area is 110 Å². The van der Waals surface area contributed by atoms with Crippen LogP contribution in [0.2, 0.25) is 0 Å². The number of carboxylic acid groups (broad SMARTS) is 1. The summed E-state index contributed by atoms with van der Waals surface area (Å²) in [5, 5.41) is 20.0. The number of aromatic nitrogens is 1. The van der Waals surface area contributed by atoms with Crippen molar-refractivity contribution in [2.24, 2.45) is 0 Å². The van der Waals surface area contributed by atoms with E-state index in [2.05, 4.69) is 10.3 Å². The molecule has 1 heterocycles. The maximum atomic E-state index is 11.9. The van der Waals surface area contributed by atoms with Crippen molar-refractivity contribution in [3.05, 3.63) is 17.5 Å². The van der Waals surface area contributed by atoms with Gasteiger partial charge in [0.25, 0.3) is 0 Å². The number of hydrogen-bond donors (Lipinski definition) is 3. The molecule has 19 heavy (non-hydrogen) atoms. The highest BCUT2D eigenvalue weighted by Gasteiger charge is 2.18. The molecule has 0 unspecified atom stereocenters. The predicted octanol–water partition coefficient (Wildman–Crippen LogP) is 1.79. The van der Waals surface area contributed by atoms with E-state index in [1.165, 1.54) is 4.90 Å². The lowest BCUT2D eigenvalue weighted by molar-refractivity contribution is 0.0692. The van der Waals surface area contributed by atoms with Crippen molar-refractivity contribution in [3.63, 3.8) is 0 Å². The van der Waals surface area contributed by atoms with Gasteiger partial charge in [0, 0.05) is 18.8 Å². The molecule has 0 radical (unpaired) electrons. The molecule has 7 heteroatoms. The summed E-state index contributed by atoms with van der Waals surface area (Å²) >= 11 is 0. The normalized spacial score (nSPS) is 9.74. The summed E-state index contributed by atoms with van der Waals surface area (Å²) in [5.74, 6) is -1.14. The van der Waals surface area contributed by atoms with E-state index in [4.69, 9.17) is 10.4 Å². The molecule has 0 aliphatic heterocycles. The predicted molar refractivity (Wildman–Crippen MR) is 69.0 cm³/mol. The summed E-state index contributed by atoms with van der Waals surface area (Å²) in [6, 6.07) is 3.10. The van der Waals surface area contributed by atoms with Crippen LogP contribution in [-0.2, 0) is 0 Å². The number of carbonyl (C=O) groups is 2. The molecule has 0 saturated carbocycles. The van der Waals surface area contributed by atoms with E-state index in [1.807, 2.05) is 6.07 Å². The Morgan fingerprint density at radius 3 is 2.79 bits per heavy atom. The summed E-state index contributed by atoms with van der Waals surface area (Å²) in [6.07, 6.45) is 0.235. The summed E-state index contributed by atoms with van der Waals surface area (Å²) in [6.45, 7) is 4.25. The van der Waals surface area contributed by atoms with E-state index < -0.39 is 12.0 Å². The van der Waals surface area contributed by atoms with Crippen LogP contribution in [0, 0.1) is 18.3 Å². The number of hydrogen-bond acceptors (Lipinski definition) is 3. The maximum Gasteiger partial charge on any atom is 0.354 e. The number of anilines is 1. The van der Waals surface area contributed by atoms with Crippen molar-refractivity contribution in [3.8, 4) is 6.07 Å². The van der Waals surface area contributed by atoms with Gasteiger partial charge in [0.15, 0.2) is 0 Å². The number of aromatic amines is 1. The van der Waals surface area contributed by atoms with Gasteiger partial charge in [-0.25, -0.2) is 9.59 Å². The van der Waals surface area contributed by atoms with E-state index in [0.29, 0.717) is 18.8 Å². The number of aromatic carboxylic acids is 1. The minimum Gasteiger partial charge on any atom is -0.477 e. The smallest absolute Gasteiger partial charge is 0.354 e. The van der Waals surface area contributed by atoms with E-state index >= 15 is 0 Å². The Balaban J connectivity index is 2.81. The molecular weight excluding hydrogens is 248 g/mol. The third kappa shape index (κ3) is 3.74. The molecule has 102 valence electrons. The van der Waals surface area contributed by atoms with Crippen molar-refractivity contribution >= 4 is 17.7 Å². The molecular formula is C12H16N4O3. The second kappa shape index (κ2) is 6.44. The molecule has 0 spiro atoms. The first-order chi connectivity index (χ1) is 8.99. The van der Waals surface area contributed by atoms with Gasteiger partial charge >= 0.3 is 12.0 Å². The first-order valence-electron chi connectivity index (χ1n) is 5.85. The monoisotopic (exact) mass is 264 g/mol. The molecule has 0 aliphatic carbocycles. The van der Waals surface area contributed by atoms with E-state index in [1.54, 1.807) is 19.9 Å². The van der Waals surface area contributed by atoms with Crippen LogP contribution in [0.4, 0.5) is 10.5 Å². The highest BCUT2D eigenvalue weighted by Crippen LogP contribution is 2.17. The van der Waals surface area contributed by atoms with Crippen LogP contribution in [0.3, 0.4) is 0 Å². The third-order valence-corrected chi connectivity index (χ3v) is 2.57. The van der Waals surface area contributed by atoms with Crippen molar-refractivity contribution in [2.45, 2.75) is 20.3 Å². The number of amides is 2. The molecule has 0 aliphatic rings. The molecule has 0 saturated heterocycles. The lowest BCUT2D eigenvalue weighted by Crippen LogP contribution is -2.35. The van der Waals surface area contributed by atoms with Crippen molar-refractivity contribution in [2.75, 3.05) is 18.4 Å². The minimum atomic E-state index is -1.14. The number of carboxylic acids is 1. The first kappa shape index (κ1) is 14.6. The molecule has 1 aromatic heterocycles. The van der Waals surface area contributed by atoms with Gasteiger partial charge in [-0.2, -0.15) is 5.26 Å². The highest BCUT2D eigenvalue weighted by molar-refractivity contribution is 5.99. The first-order valence-corrected chi connectivity index (χ1v) is 5.85. The second-order valence-corrected chi connectivity index (χ2v) is 3.96. The van der Waals surface area contributed by atoms with E-state index in [-0.39, 0.29) is 17.8 Å². The number of nitriles is 1. The van der Waals surface area contributed by atoms with Gasteiger partial charge in [-0.3, -0.25) is 0 Å². The van der Waals surface area contributed by atoms with Gasteiger partial charge in [0.1, 0.15) is 5.69 Å². The Hall–Kier alpha value is -2.49. The number of carbonyl (C=O) groups excluding carboxylic acids is 1. The number of urea groups is 1. The molecule has 0 bridgehead atoms. The zero-order valence-electron chi connectivity index (χ0n) is 10.9. The van der Waals surface area contributed by atoms with Gasteiger partial charge in [-0.1, -0.05) is 0 Å². The van der Waals surface area contributed by atoms with Gasteiger partial charge in [-0.05, 0) is 19.9 Å². The summed E-state index contributed by atoms with van der Waals surface area (Å²) in [4.78, 5) is 27.0. The third-order valence-electron chi connectivity index (χ3n) is 2.57. The lowest BCUT2D eigenvalue weighted by Gasteiger charge is -2.19. The zero-order chi connectivity index (χ0) is 14.4. The van der Waals surface area contributed by atoms with Crippen LogP contribution >= 0.6 is 0 Å². The standard InChI is InChI=1S/C12H16N4O3/c1-3-16(6-4-5-13)12(19)15-9-7-8(2)14-10(9)11(17)18/h7,14H,3-4,6H2,1-2H3,(H,15,19)(H,17,18). The summed E-state index contributed by atoms with van der Waals surface area (Å²) in [5.41, 5.74) is 0.820. The molecule has 1 aromatic rings. The molecule has 0 fully saturated rings. The Morgan fingerprint density at radius 2 is 2.26 bits per heavy atom. The van der Waals surface area contributed by atoms with Crippen LogP contribution in [-0.4, -0.2) is 40.1 Å². The molecule has 1 rings (SSSR count). The van der Waals surface area contributed by atoms with Crippen LogP contribution in [0.25, 0.3) is 0 Å². The maximum absolute atomic E-state index is 11.9. The number of aryl methyl sites for hydroxylation is 1. The number of nitrogens with one attached hydrogen (secondary N) is 2. The molecule has 3 N–H and O–H groups in total. The SMILES string of the molecule is CCN(CCC#N)C(=O)Nc1cc(C)[nH]c1C(=O)O. The fraction of sp³-hybridized carbons (Fsp3) is 0.417. The average molecular weight is 264 g/mol. The quantitative estimate of drug-likeness (QED) is 0.753. The Kier molecular flexibility index (Phi) is 4.94. The molecule has 0 atom stereocenters. The Bertz CT molecular complexity index is 516. The number of nitrogens with zero attached hydrogens (tertiary/aromatic N) is 2. The van der Waals surface area contributed by atoms with Gasteiger partial charge in [-0.15, -0.1) is 0 Å². The second-order valence-electron chi connectivity index (χ2n) is 3.96. The van der Waals surface area contributed by atoms with Crippen LogP contribution in [0.5, 0.6) is 0 Å². The van der Waals surface area contributed by atoms with Crippen molar-refractivity contribution < 1.29 is 14.7 Å². The number of rotatable bonds is 5. The zero-order valence-corrected chi connectivity index (χ0v) is 10.9. The van der Waals surface area contributed by atoms with E-state index in [0.717, 1.165) is 0 Å². The molecule has 2 amide bonds. The highest BCUT2D eigenvalue weighted by atomic mass is 16.4. The van der Waals surface area contributed by atoms with Gasteiger partial charge in [0.05, 0.1) is 18.2 Å². The van der Waals surface area contributed by atoms with Crippen LogP contribution in [0.1, 0.15) is 29.5 Å². The van der Waals surface area contributed by atoms with Crippen LogP contribution in [0.15, 0.2) is 6.07 Å². The fourth-order valence-electron chi connectivity index (χ4n) is 1.64. The minimum absolute atomic E-state index is 0.0535.